The number of phenolic OH excluding ortho intramolecular Hbond substituents is 1. The predicted molar refractivity (Wildman–Crippen MR) is 118 cm³/mol. The Hall–Kier alpha value is -3.97. The van der Waals surface area contributed by atoms with Gasteiger partial charge in [0.2, 0.25) is 0 Å². The molecule has 160 valence electrons. The third-order valence-corrected chi connectivity index (χ3v) is 5.88. The SMILES string of the molecule is O=C1C(=O)N(Cc2ccco2)C(c2ccc(O)c(Cl)c2)/C1=C(/O)c1c[nH]c2ccccc12. The fourth-order valence-corrected chi connectivity index (χ4v) is 4.25. The van der Waals surface area contributed by atoms with Gasteiger partial charge in [-0.15, -0.1) is 0 Å². The van der Waals surface area contributed by atoms with Gasteiger partial charge >= 0.3 is 0 Å². The number of aliphatic hydroxyl groups is 1. The van der Waals surface area contributed by atoms with Gasteiger partial charge in [0.1, 0.15) is 17.3 Å². The van der Waals surface area contributed by atoms with Crippen molar-refractivity contribution in [2.24, 2.45) is 0 Å². The second-order valence-corrected chi connectivity index (χ2v) is 7.87. The molecule has 0 radical (unpaired) electrons. The first-order valence-electron chi connectivity index (χ1n) is 9.81. The van der Waals surface area contributed by atoms with Crippen molar-refractivity contribution in [3.8, 4) is 5.75 Å². The third kappa shape index (κ3) is 3.14. The van der Waals surface area contributed by atoms with Crippen molar-refractivity contribution in [1.29, 1.82) is 0 Å². The molecule has 1 atom stereocenters. The number of hydrogen-bond acceptors (Lipinski definition) is 5. The highest BCUT2D eigenvalue weighted by atomic mass is 35.5. The number of Topliss-reactive ketones (excluding diaryl/α,β-unsaturated/α-hetero) is 1. The molecule has 0 bridgehead atoms. The van der Waals surface area contributed by atoms with Crippen LogP contribution in [0.1, 0.15) is 22.9 Å². The summed E-state index contributed by atoms with van der Waals surface area (Å²) in [6.07, 6.45) is 3.07. The lowest BCUT2D eigenvalue weighted by atomic mass is 9.95. The largest absolute Gasteiger partial charge is 0.507 e. The Bertz CT molecular complexity index is 1390. The predicted octanol–water partition coefficient (Wildman–Crippen LogP) is 4.74. The summed E-state index contributed by atoms with van der Waals surface area (Å²) >= 11 is 6.12. The number of benzene rings is 2. The van der Waals surface area contributed by atoms with Gasteiger partial charge in [0.15, 0.2) is 0 Å². The molecular weight excluding hydrogens is 432 g/mol. The minimum atomic E-state index is -0.924. The number of hydrogen-bond donors (Lipinski definition) is 3. The van der Waals surface area contributed by atoms with Gasteiger partial charge in [0.25, 0.3) is 11.7 Å². The summed E-state index contributed by atoms with van der Waals surface area (Å²) in [5.74, 6) is -1.52. The summed E-state index contributed by atoms with van der Waals surface area (Å²) in [5, 5.41) is 21.9. The van der Waals surface area contributed by atoms with Crippen LogP contribution in [0.4, 0.5) is 0 Å². The van der Waals surface area contributed by atoms with Crippen LogP contribution in [0.2, 0.25) is 5.02 Å². The van der Waals surface area contributed by atoms with Crippen LogP contribution in [0.25, 0.3) is 16.7 Å². The molecule has 1 amide bonds. The quantitative estimate of drug-likeness (QED) is 0.237. The molecular formula is C24H17ClN2O5. The monoisotopic (exact) mass is 448 g/mol. The second-order valence-electron chi connectivity index (χ2n) is 7.47. The molecule has 0 aliphatic carbocycles. The molecule has 4 aromatic rings. The van der Waals surface area contributed by atoms with E-state index in [1.54, 1.807) is 24.4 Å². The van der Waals surface area contributed by atoms with Crippen molar-refractivity contribution < 1.29 is 24.2 Å². The first kappa shape index (κ1) is 20.0. The number of rotatable bonds is 4. The van der Waals surface area contributed by atoms with Gasteiger partial charge in [-0.1, -0.05) is 35.9 Å². The summed E-state index contributed by atoms with van der Waals surface area (Å²) in [5.41, 5.74) is 1.60. The van der Waals surface area contributed by atoms with E-state index in [4.69, 9.17) is 16.0 Å². The standard InChI is InChI=1S/C24H17ClN2O5/c25-17-10-13(7-8-19(17)28)21-20(22(29)16-11-26-18-6-2-1-5-15(16)18)23(30)24(31)27(21)12-14-4-3-9-32-14/h1-11,21,26,28-29H,12H2/b22-20-. The van der Waals surface area contributed by atoms with Crippen LogP contribution in [0, 0.1) is 0 Å². The van der Waals surface area contributed by atoms with E-state index in [1.165, 1.54) is 23.3 Å². The molecule has 1 fully saturated rings. The van der Waals surface area contributed by atoms with Crippen LogP contribution in [-0.2, 0) is 16.1 Å². The lowest BCUT2D eigenvalue weighted by Gasteiger charge is -2.24. The summed E-state index contributed by atoms with van der Waals surface area (Å²) in [4.78, 5) is 30.5. The average Bonchev–Trinajstić information content (AvgIpc) is 3.51. The molecule has 1 aliphatic heterocycles. The summed E-state index contributed by atoms with van der Waals surface area (Å²) in [7, 11) is 0. The topological polar surface area (TPSA) is 107 Å². The van der Waals surface area contributed by atoms with Crippen molar-refractivity contribution in [3.63, 3.8) is 0 Å². The normalized spacial score (nSPS) is 18.0. The molecule has 1 unspecified atom stereocenters. The number of amides is 1. The third-order valence-electron chi connectivity index (χ3n) is 5.58. The summed E-state index contributed by atoms with van der Waals surface area (Å²) < 4.78 is 5.38. The number of nitrogens with one attached hydrogen (secondary N) is 1. The highest BCUT2D eigenvalue weighted by Gasteiger charge is 2.46. The lowest BCUT2D eigenvalue weighted by molar-refractivity contribution is -0.140. The molecule has 1 aliphatic rings. The number of phenols is 1. The number of furan rings is 1. The van der Waals surface area contributed by atoms with Gasteiger partial charge in [-0.25, -0.2) is 0 Å². The highest BCUT2D eigenvalue weighted by molar-refractivity contribution is 6.46. The number of carbonyl (C=O) groups is 2. The number of likely N-dealkylation sites (tertiary alicyclic amines) is 1. The number of fused-ring (bicyclic) bond motifs is 1. The fourth-order valence-electron chi connectivity index (χ4n) is 4.07. The minimum absolute atomic E-state index is 0.0192. The molecule has 2 aromatic heterocycles. The number of carbonyl (C=O) groups excluding carboxylic acids is 2. The first-order valence-corrected chi connectivity index (χ1v) is 10.2. The number of aromatic amines is 1. The van der Waals surface area contributed by atoms with Crippen LogP contribution >= 0.6 is 11.6 Å². The Morgan fingerprint density at radius 3 is 2.69 bits per heavy atom. The van der Waals surface area contributed by atoms with Gasteiger partial charge in [-0.3, -0.25) is 9.59 Å². The molecule has 5 rings (SSSR count). The van der Waals surface area contributed by atoms with Crippen molar-refractivity contribution in [2.45, 2.75) is 12.6 Å². The van der Waals surface area contributed by atoms with Gasteiger partial charge in [0, 0.05) is 22.7 Å². The maximum Gasteiger partial charge on any atom is 0.296 e. The van der Waals surface area contributed by atoms with Gasteiger partial charge in [0.05, 0.1) is 29.4 Å². The summed E-state index contributed by atoms with van der Waals surface area (Å²) in [6.45, 7) is 0.0192. The van der Waals surface area contributed by atoms with E-state index in [1.807, 2.05) is 24.3 Å². The molecule has 3 N–H and O–H groups in total. The van der Waals surface area contributed by atoms with Crippen LogP contribution in [0.3, 0.4) is 0 Å². The molecule has 0 saturated carbocycles. The van der Waals surface area contributed by atoms with E-state index in [0.717, 1.165) is 5.52 Å². The van der Waals surface area contributed by atoms with Crippen molar-refractivity contribution in [3.05, 3.63) is 94.5 Å². The van der Waals surface area contributed by atoms with Crippen LogP contribution < -0.4 is 0 Å². The van der Waals surface area contributed by atoms with E-state index in [0.29, 0.717) is 22.3 Å². The Balaban J connectivity index is 1.71. The minimum Gasteiger partial charge on any atom is -0.507 e. The lowest BCUT2D eigenvalue weighted by Crippen LogP contribution is -2.29. The average molecular weight is 449 g/mol. The Labute approximate surface area is 187 Å². The maximum atomic E-state index is 13.1. The zero-order chi connectivity index (χ0) is 22.4. The molecule has 1 saturated heterocycles. The number of aromatic hydroxyl groups is 1. The molecule has 3 heterocycles. The number of para-hydroxylation sites is 1. The number of H-pyrrole nitrogens is 1. The zero-order valence-corrected chi connectivity index (χ0v) is 17.3. The zero-order valence-electron chi connectivity index (χ0n) is 16.6. The van der Waals surface area contributed by atoms with Crippen LogP contribution in [-0.4, -0.2) is 31.8 Å². The van der Waals surface area contributed by atoms with Crippen molar-refractivity contribution in [1.82, 2.24) is 9.88 Å². The van der Waals surface area contributed by atoms with E-state index < -0.39 is 17.7 Å². The highest BCUT2D eigenvalue weighted by Crippen LogP contribution is 2.42. The molecule has 2 aromatic carbocycles. The second kappa shape index (κ2) is 7.62. The number of ketones is 1. The van der Waals surface area contributed by atoms with Gasteiger partial charge in [-0.2, -0.15) is 0 Å². The number of halogens is 1. The van der Waals surface area contributed by atoms with Crippen LogP contribution in [0.15, 0.2) is 77.0 Å². The Morgan fingerprint density at radius 1 is 1.12 bits per heavy atom. The molecule has 32 heavy (non-hydrogen) atoms. The Kier molecular flexibility index (Phi) is 4.75. The van der Waals surface area contributed by atoms with E-state index in [-0.39, 0.29) is 28.6 Å². The molecule has 7 nitrogen and oxygen atoms in total. The Morgan fingerprint density at radius 2 is 1.94 bits per heavy atom. The molecule has 8 heteroatoms. The molecule has 0 spiro atoms. The number of aliphatic hydroxyl groups excluding tert-OH is 1. The smallest absolute Gasteiger partial charge is 0.296 e. The van der Waals surface area contributed by atoms with E-state index in [9.17, 15) is 19.8 Å². The number of nitrogens with zero attached hydrogens (tertiary/aromatic N) is 1. The van der Waals surface area contributed by atoms with Crippen LogP contribution in [0.5, 0.6) is 5.75 Å². The van der Waals surface area contributed by atoms with E-state index >= 15 is 0 Å². The summed E-state index contributed by atoms with van der Waals surface area (Å²) in [6, 6.07) is 14.2. The van der Waals surface area contributed by atoms with Crippen molar-refractivity contribution >= 4 is 40.0 Å². The first-order chi connectivity index (χ1) is 15.5. The van der Waals surface area contributed by atoms with Crippen molar-refractivity contribution in [2.75, 3.05) is 0 Å². The van der Waals surface area contributed by atoms with E-state index in [2.05, 4.69) is 4.98 Å². The van der Waals surface area contributed by atoms with Gasteiger partial charge < -0.3 is 24.5 Å². The number of aromatic nitrogens is 1. The maximum absolute atomic E-state index is 13.1. The fraction of sp³-hybridized carbons (Fsp3) is 0.0833. The van der Waals surface area contributed by atoms with Gasteiger partial charge in [-0.05, 0) is 35.9 Å².